The summed E-state index contributed by atoms with van der Waals surface area (Å²) in [5.74, 6) is -0.0306. The highest BCUT2D eigenvalue weighted by Gasteiger charge is 2.21. The molecule has 0 spiro atoms. The van der Waals surface area contributed by atoms with E-state index in [2.05, 4.69) is 10.3 Å². The molecule has 0 bridgehead atoms. The molecule has 0 aliphatic heterocycles. The third-order valence-corrected chi connectivity index (χ3v) is 4.60. The number of halogens is 1. The summed E-state index contributed by atoms with van der Waals surface area (Å²) in [5, 5.41) is 3.00. The molecule has 0 saturated carbocycles. The number of rotatable bonds is 8. The molecule has 1 unspecified atom stereocenters. The topological polar surface area (TPSA) is 51.2 Å². The van der Waals surface area contributed by atoms with Gasteiger partial charge < -0.3 is 10.1 Å². The highest BCUT2D eigenvalue weighted by molar-refractivity contribution is 5.83. The highest BCUT2D eigenvalue weighted by atomic mass is 19.1. The predicted octanol–water partition coefficient (Wildman–Crippen LogP) is 3.91. The Labute approximate surface area is 164 Å². The molecule has 1 N–H and O–H groups in total. The quantitative estimate of drug-likeness (QED) is 0.646. The van der Waals surface area contributed by atoms with Gasteiger partial charge in [0.2, 0.25) is 5.91 Å². The van der Waals surface area contributed by atoms with Crippen molar-refractivity contribution in [3.63, 3.8) is 0 Å². The maximum atomic E-state index is 13.3. The number of benzene rings is 2. The van der Waals surface area contributed by atoms with E-state index in [0.29, 0.717) is 13.0 Å². The van der Waals surface area contributed by atoms with Gasteiger partial charge in [-0.1, -0.05) is 30.3 Å². The third-order valence-electron chi connectivity index (χ3n) is 4.60. The molecule has 2 aromatic carbocycles. The molecule has 1 heterocycles. The molecule has 0 radical (unpaired) electrons. The lowest BCUT2D eigenvalue weighted by Gasteiger charge is -2.17. The van der Waals surface area contributed by atoms with E-state index in [9.17, 15) is 9.18 Å². The molecule has 4 nitrogen and oxygen atoms in total. The number of nitrogens with one attached hydrogen (secondary N) is 1. The Kier molecular flexibility index (Phi) is 6.73. The number of ether oxygens (including phenoxy) is 1. The average molecular weight is 378 g/mol. The Bertz CT molecular complexity index is 881. The van der Waals surface area contributed by atoms with Gasteiger partial charge in [-0.25, -0.2) is 4.39 Å². The minimum absolute atomic E-state index is 0.0919. The molecule has 3 rings (SSSR count). The lowest BCUT2D eigenvalue weighted by Crippen LogP contribution is -2.32. The monoisotopic (exact) mass is 378 g/mol. The second kappa shape index (κ2) is 9.65. The number of amides is 1. The van der Waals surface area contributed by atoms with E-state index in [0.717, 1.165) is 29.0 Å². The van der Waals surface area contributed by atoms with Gasteiger partial charge in [0.25, 0.3) is 0 Å². The van der Waals surface area contributed by atoms with Crippen LogP contribution in [0.15, 0.2) is 72.9 Å². The van der Waals surface area contributed by atoms with Gasteiger partial charge in [-0.05, 0) is 53.9 Å². The number of pyridine rings is 1. The van der Waals surface area contributed by atoms with Gasteiger partial charge in [-0.15, -0.1) is 0 Å². The molecule has 1 atom stereocenters. The van der Waals surface area contributed by atoms with Crippen LogP contribution in [0, 0.1) is 5.82 Å². The van der Waals surface area contributed by atoms with Crippen LogP contribution in [0.3, 0.4) is 0 Å². The van der Waals surface area contributed by atoms with Crippen LogP contribution in [0.1, 0.15) is 22.7 Å². The van der Waals surface area contributed by atoms with Gasteiger partial charge in [-0.3, -0.25) is 9.78 Å². The van der Waals surface area contributed by atoms with Crippen molar-refractivity contribution in [1.29, 1.82) is 0 Å². The van der Waals surface area contributed by atoms with E-state index in [1.807, 2.05) is 42.5 Å². The van der Waals surface area contributed by atoms with Gasteiger partial charge >= 0.3 is 0 Å². The van der Waals surface area contributed by atoms with Gasteiger partial charge in [0, 0.05) is 24.9 Å². The first-order chi connectivity index (χ1) is 13.7. The standard InChI is InChI=1S/C23H23FN2O2/c1-28-21-11-5-17(6-12-21)13-15-26-23(27)22(16-20-4-2-3-14-25-20)18-7-9-19(24)10-8-18/h2-12,14,22H,13,15-16H2,1H3,(H,26,27). The van der Waals surface area contributed by atoms with Crippen molar-refractivity contribution in [3.05, 3.63) is 95.6 Å². The smallest absolute Gasteiger partial charge is 0.227 e. The van der Waals surface area contributed by atoms with Gasteiger partial charge in [-0.2, -0.15) is 0 Å². The molecule has 1 aromatic heterocycles. The molecule has 144 valence electrons. The van der Waals surface area contributed by atoms with E-state index >= 15 is 0 Å². The Morgan fingerprint density at radius 3 is 2.46 bits per heavy atom. The minimum atomic E-state index is -0.425. The third kappa shape index (κ3) is 5.39. The highest BCUT2D eigenvalue weighted by Crippen LogP contribution is 2.21. The van der Waals surface area contributed by atoms with Gasteiger partial charge in [0.15, 0.2) is 0 Å². The van der Waals surface area contributed by atoms with Crippen LogP contribution in [0.5, 0.6) is 5.75 Å². The lowest BCUT2D eigenvalue weighted by atomic mass is 9.93. The number of carbonyl (C=O) groups excluding carboxylic acids is 1. The fourth-order valence-electron chi connectivity index (χ4n) is 3.03. The number of carbonyl (C=O) groups is 1. The van der Waals surface area contributed by atoms with E-state index < -0.39 is 5.92 Å². The van der Waals surface area contributed by atoms with Crippen LogP contribution in [-0.4, -0.2) is 24.5 Å². The second-order valence-electron chi connectivity index (χ2n) is 6.52. The van der Waals surface area contributed by atoms with Gasteiger partial charge in [0.05, 0.1) is 13.0 Å². The Hall–Kier alpha value is -3.21. The number of nitrogens with zero attached hydrogens (tertiary/aromatic N) is 1. The molecular weight excluding hydrogens is 355 g/mol. The Morgan fingerprint density at radius 1 is 1.07 bits per heavy atom. The Balaban J connectivity index is 1.66. The van der Waals surface area contributed by atoms with E-state index in [4.69, 9.17) is 4.74 Å². The van der Waals surface area contributed by atoms with Crippen LogP contribution < -0.4 is 10.1 Å². The molecule has 28 heavy (non-hydrogen) atoms. The summed E-state index contributed by atoms with van der Waals surface area (Å²) in [6.45, 7) is 0.519. The van der Waals surface area contributed by atoms with Crippen molar-refractivity contribution in [2.24, 2.45) is 0 Å². The zero-order valence-corrected chi connectivity index (χ0v) is 15.8. The van der Waals surface area contributed by atoms with Crippen molar-refractivity contribution in [2.45, 2.75) is 18.8 Å². The molecule has 1 amide bonds. The average Bonchev–Trinajstić information content (AvgIpc) is 2.74. The number of hydrogen-bond donors (Lipinski definition) is 1. The first-order valence-corrected chi connectivity index (χ1v) is 9.21. The molecular formula is C23H23FN2O2. The molecule has 0 aliphatic rings. The van der Waals surface area contributed by atoms with Crippen LogP contribution in [0.25, 0.3) is 0 Å². The van der Waals surface area contributed by atoms with Crippen LogP contribution in [-0.2, 0) is 17.6 Å². The number of hydrogen-bond acceptors (Lipinski definition) is 3. The van der Waals surface area contributed by atoms with Crippen LogP contribution in [0.2, 0.25) is 0 Å². The van der Waals surface area contributed by atoms with Crippen molar-refractivity contribution in [2.75, 3.05) is 13.7 Å². The predicted molar refractivity (Wildman–Crippen MR) is 107 cm³/mol. The summed E-state index contributed by atoms with van der Waals surface area (Å²) >= 11 is 0. The fourth-order valence-corrected chi connectivity index (χ4v) is 3.03. The van der Waals surface area contributed by atoms with E-state index in [1.165, 1.54) is 12.1 Å². The first kappa shape index (κ1) is 19.5. The zero-order valence-electron chi connectivity index (χ0n) is 15.8. The fraction of sp³-hybridized carbons (Fsp3) is 0.217. The zero-order chi connectivity index (χ0) is 19.8. The maximum absolute atomic E-state index is 13.3. The van der Waals surface area contributed by atoms with E-state index in [-0.39, 0.29) is 11.7 Å². The van der Waals surface area contributed by atoms with Crippen LogP contribution >= 0.6 is 0 Å². The second-order valence-corrected chi connectivity index (χ2v) is 6.52. The first-order valence-electron chi connectivity index (χ1n) is 9.21. The summed E-state index contributed by atoms with van der Waals surface area (Å²) in [5.41, 5.74) is 2.71. The van der Waals surface area contributed by atoms with Crippen molar-refractivity contribution >= 4 is 5.91 Å². The largest absolute Gasteiger partial charge is 0.497 e. The normalized spacial score (nSPS) is 11.6. The number of methoxy groups -OCH3 is 1. The maximum Gasteiger partial charge on any atom is 0.227 e. The van der Waals surface area contributed by atoms with Crippen LogP contribution in [0.4, 0.5) is 4.39 Å². The summed E-state index contributed by atoms with van der Waals surface area (Å²) < 4.78 is 18.5. The summed E-state index contributed by atoms with van der Waals surface area (Å²) in [4.78, 5) is 17.2. The minimum Gasteiger partial charge on any atom is -0.497 e. The number of aromatic nitrogens is 1. The molecule has 3 aromatic rings. The molecule has 0 aliphatic carbocycles. The summed E-state index contributed by atoms with van der Waals surface area (Å²) in [6, 6.07) is 19.5. The molecule has 0 fully saturated rings. The molecule has 0 saturated heterocycles. The lowest BCUT2D eigenvalue weighted by molar-refractivity contribution is -0.122. The SMILES string of the molecule is COc1ccc(CCNC(=O)C(Cc2ccccn2)c2ccc(F)cc2)cc1. The molecule has 5 heteroatoms. The summed E-state index contributed by atoms with van der Waals surface area (Å²) in [7, 11) is 1.63. The van der Waals surface area contributed by atoms with E-state index in [1.54, 1.807) is 25.4 Å². The summed E-state index contributed by atoms with van der Waals surface area (Å²) in [6.07, 6.45) is 2.88. The van der Waals surface area contributed by atoms with Gasteiger partial charge in [0.1, 0.15) is 11.6 Å². The Morgan fingerprint density at radius 2 is 1.82 bits per heavy atom. The van der Waals surface area contributed by atoms with Crippen molar-refractivity contribution < 1.29 is 13.9 Å². The van der Waals surface area contributed by atoms with Crippen molar-refractivity contribution in [1.82, 2.24) is 10.3 Å². The van der Waals surface area contributed by atoms with Crippen molar-refractivity contribution in [3.8, 4) is 5.75 Å².